The number of nitrogens with two attached hydrogens (primary N) is 1. The van der Waals surface area contributed by atoms with Crippen LogP contribution in [0, 0.1) is 0 Å². The minimum atomic E-state index is -0.954. The van der Waals surface area contributed by atoms with Gasteiger partial charge in [-0.15, -0.1) is 0 Å². The zero-order valence-electron chi connectivity index (χ0n) is 10.1. The van der Waals surface area contributed by atoms with Crippen LogP contribution >= 0.6 is 0 Å². The van der Waals surface area contributed by atoms with Crippen molar-refractivity contribution in [1.29, 1.82) is 0 Å². The zero-order valence-corrected chi connectivity index (χ0v) is 10.1. The fraction of sp³-hybridized carbons (Fsp3) is 0.750. The Morgan fingerprint density at radius 2 is 2.00 bits per heavy atom. The molecule has 0 unspecified atom stereocenters. The molecule has 4 nitrogen and oxygen atoms in total. The molecule has 1 fully saturated rings. The number of nitrogen functional groups attached to an aromatic ring is 1. The van der Waals surface area contributed by atoms with Gasteiger partial charge in [-0.25, -0.2) is 0 Å². The Kier molecular flexibility index (Phi) is 2.93. The predicted octanol–water partition coefficient (Wildman–Crippen LogP) is 2.20. The fourth-order valence-corrected chi connectivity index (χ4v) is 2.41. The molecule has 1 aliphatic rings. The average molecular weight is 223 g/mol. The predicted molar refractivity (Wildman–Crippen MR) is 64.0 cm³/mol. The van der Waals surface area contributed by atoms with Crippen molar-refractivity contribution in [3.8, 4) is 0 Å². The number of aromatic nitrogens is 2. The molecule has 0 amide bonds. The monoisotopic (exact) mass is 223 g/mol. The van der Waals surface area contributed by atoms with Crippen LogP contribution in [0.5, 0.6) is 0 Å². The fourth-order valence-electron chi connectivity index (χ4n) is 2.41. The molecule has 1 saturated carbocycles. The van der Waals surface area contributed by atoms with Gasteiger partial charge in [0.05, 0.1) is 11.7 Å². The van der Waals surface area contributed by atoms with Crippen molar-refractivity contribution in [2.24, 2.45) is 0 Å². The van der Waals surface area contributed by atoms with Gasteiger partial charge in [0.1, 0.15) is 11.3 Å². The lowest BCUT2D eigenvalue weighted by Crippen LogP contribution is -2.19. The maximum absolute atomic E-state index is 9.93. The molecule has 0 bridgehead atoms. The van der Waals surface area contributed by atoms with E-state index in [0.29, 0.717) is 17.4 Å². The highest BCUT2D eigenvalue weighted by Gasteiger charge is 2.25. The van der Waals surface area contributed by atoms with Crippen LogP contribution in [0.25, 0.3) is 0 Å². The van der Waals surface area contributed by atoms with Crippen molar-refractivity contribution < 1.29 is 5.11 Å². The molecule has 1 aromatic rings. The summed E-state index contributed by atoms with van der Waals surface area (Å²) in [5.74, 6) is 0. The maximum atomic E-state index is 9.93. The second-order valence-corrected chi connectivity index (χ2v) is 5.26. The van der Waals surface area contributed by atoms with E-state index in [1.165, 1.54) is 32.1 Å². The molecule has 0 atom stereocenters. The number of nitrogens with zero attached hydrogens (tertiary/aromatic N) is 2. The van der Waals surface area contributed by atoms with Gasteiger partial charge in [0.25, 0.3) is 0 Å². The summed E-state index contributed by atoms with van der Waals surface area (Å²) >= 11 is 0. The molecule has 0 aromatic carbocycles. The highest BCUT2D eigenvalue weighted by Crippen LogP contribution is 2.31. The Bertz CT molecular complexity index is 359. The van der Waals surface area contributed by atoms with Crippen molar-refractivity contribution >= 4 is 5.69 Å². The van der Waals surface area contributed by atoms with Crippen molar-refractivity contribution in [3.63, 3.8) is 0 Å². The lowest BCUT2D eigenvalue weighted by Gasteiger charge is -2.22. The number of hydrogen-bond donors (Lipinski definition) is 2. The van der Waals surface area contributed by atoms with Crippen molar-refractivity contribution in [2.45, 2.75) is 57.6 Å². The maximum Gasteiger partial charge on any atom is 0.116 e. The Balaban J connectivity index is 2.23. The van der Waals surface area contributed by atoms with Crippen LogP contribution in [0.3, 0.4) is 0 Å². The van der Waals surface area contributed by atoms with Gasteiger partial charge in [0, 0.05) is 6.20 Å². The van der Waals surface area contributed by atoms with Crippen LogP contribution in [0.1, 0.15) is 57.7 Å². The van der Waals surface area contributed by atoms with E-state index in [0.717, 1.165) is 0 Å². The summed E-state index contributed by atoms with van der Waals surface area (Å²) in [6.45, 7) is 3.44. The third-order valence-electron chi connectivity index (χ3n) is 3.29. The summed E-state index contributed by atoms with van der Waals surface area (Å²) in [5.41, 5.74) is 6.13. The summed E-state index contributed by atoms with van der Waals surface area (Å²) in [5, 5.41) is 14.4. The Morgan fingerprint density at radius 3 is 2.50 bits per heavy atom. The van der Waals surface area contributed by atoms with Gasteiger partial charge in [-0.1, -0.05) is 19.3 Å². The summed E-state index contributed by atoms with van der Waals surface area (Å²) in [6, 6.07) is 0.465. The number of aliphatic hydroxyl groups is 1. The van der Waals surface area contributed by atoms with E-state index in [1.54, 1.807) is 13.8 Å². The lowest BCUT2D eigenvalue weighted by molar-refractivity contribution is 0.0733. The molecule has 1 heterocycles. The minimum absolute atomic E-state index is 0.465. The molecule has 0 radical (unpaired) electrons. The van der Waals surface area contributed by atoms with Gasteiger partial charge < -0.3 is 10.8 Å². The van der Waals surface area contributed by atoms with E-state index in [9.17, 15) is 5.11 Å². The molecule has 1 aliphatic carbocycles. The highest BCUT2D eigenvalue weighted by atomic mass is 16.3. The smallest absolute Gasteiger partial charge is 0.116 e. The molecule has 4 heteroatoms. The van der Waals surface area contributed by atoms with Crippen molar-refractivity contribution in [2.75, 3.05) is 5.73 Å². The van der Waals surface area contributed by atoms with E-state index >= 15 is 0 Å². The largest absolute Gasteiger partial charge is 0.396 e. The van der Waals surface area contributed by atoms with E-state index in [1.807, 2.05) is 10.9 Å². The summed E-state index contributed by atoms with van der Waals surface area (Å²) in [7, 11) is 0. The molecule has 1 aromatic heterocycles. The summed E-state index contributed by atoms with van der Waals surface area (Å²) in [4.78, 5) is 0. The van der Waals surface area contributed by atoms with Gasteiger partial charge >= 0.3 is 0 Å². The normalized spacial score (nSPS) is 18.9. The molecular formula is C12H21N3O. The topological polar surface area (TPSA) is 64.1 Å². The van der Waals surface area contributed by atoms with Crippen LogP contribution in [-0.2, 0) is 5.60 Å². The molecule has 0 saturated heterocycles. The molecule has 3 N–H and O–H groups in total. The molecule has 0 spiro atoms. The first kappa shape index (κ1) is 11.5. The van der Waals surface area contributed by atoms with Crippen LogP contribution in [0.2, 0.25) is 0 Å². The molecule has 2 rings (SSSR count). The Hall–Kier alpha value is -1.03. The minimum Gasteiger partial charge on any atom is -0.396 e. The number of hydrogen-bond acceptors (Lipinski definition) is 3. The summed E-state index contributed by atoms with van der Waals surface area (Å²) in [6.07, 6.45) is 8.07. The standard InChI is InChI=1S/C12H21N3O/c1-12(2,16)11-10(13)8-15(14-11)9-6-4-3-5-7-9/h8-9,16H,3-7,13H2,1-2H3. The Morgan fingerprint density at radius 1 is 1.38 bits per heavy atom. The van der Waals surface area contributed by atoms with Crippen molar-refractivity contribution in [1.82, 2.24) is 9.78 Å². The quantitative estimate of drug-likeness (QED) is 0.807. The zero-order chi connectivity index (χ0) is 11.8. The van der Waals surface area contributed by atoms with E-state index < -0.39 is 5.60 Å². The van der Waals surface area contributed by atoms with Gasteiger partial charge in [-0.05, 0) is 26.7 Å². The van der Waals surface area contributed by atoms with Crippen LogP contribution in [-0.4, -0.2) is 14.9 Å². The van der Waals surface area contributed by atoms with Crippen LogP contribution < -0.4 is 5.73 Å². The summed E-state index contributed by atoms with van der Waals surface area (Å²) < 4.78 is 1.95. The average Bonchev–Trinajstić information content (AvgIpc) is 2.61. The highest BCUT2D eigenvalue weighted by molar-refractivity contribution is 5.43. The van der Waals surface area contributed by atoms with Crippen molar-refractivity contribution in [3.05, 3.63) is 11.9 Å². The molecule has 16 heavy (non-hydrogen) atoms. The third kappa shape index (κ3) is 2.21. The molecule has 90 valence electrons. The van der Waals surface area contributed by atoms with Gasteiger partial charge in [-0.2, -0.15) is 5.10 Å². The number of anilines is 1. The first-order chi connectivity index (χ1) is 7.48. The van der Waals surface area contributed by atoms with Gasteiger partial charge in [-0.3, -0.25) is 4.68 Å². The SMILES string of the molecule is CC(C)(O)c1nn(C2CCCCC2)cc1N. The van der Waals surface area contributed by atoms with E-state index in [4.69, 9.17) is 5.73 Å². The molecular weight excluding hydrogens is 202 g/mol. The Labute approximate surface area is 96.5 Å². The lowest BCUT2D eigenvalue weighted by atomic mass is 9.96. The van der Waals surface area contributed by atoms with E-state index in [2.05, 4.69) is 5.10 Å². The first-order valence-electron chi connectivity index (χ1n) is 6.06. The second kappa shape index (κ2) is 4.09. The second-order valence-electron chi connectivity index (χ2n) is 5.26. The van der Waals surface area contributed by atoms with Crippen LogP contribution in [0.15, 0.2) is 6.20 Å². The van der Waals surface area contributed by atoms with Crippen LogP contribution in [0.4, 0.5) is 5.69 Å². The van der Waals surface area contributed by atoms with E-state index in [-0.39, 0.29) is 0 Å². The first-order valence-corrected chi connectivity index (χ1v) is 6.06. The van der Waals surface area contributed by atoms with Gasteiger partial charge in [0.15, 0.2) is 0 Å². The molecule has 0 aliphatic heterocycles. The third-order valence-corrected chi connectivity index (χ3v) is 3.29. The van der Waals surface area contributed by atoms with Gasteiger partial charge in [0.2, 0.25) is 0 Å². The number of rotatable bonds is 2.